The highest BCUT2D eigenvalue weighted by atomic mass is 32.2. The Morgan fingerprint density at radius 3 is 1.82 bits per heavy atom. The normalized spacial score (nSPS) is 16.4. The lowest BCUT2D eigenvalue weighted by Crippen LogP contribution is -2.59. The molecule has 0 radical (unpaired) electrons. The van der Waals surface area contributed by atoms with Crippen LogP contribution >= 0.6 is 0 Å². The van der Waals surface area contributed by atoms with Crippen LogP contribution in [-0.2, 0) is 33.9 Å². The summed E-state index contributed by atoms with van der Waals surface area (Å²) in [7, 11) is -6.68. The zero-order chi connectivity index (χ0) is 27.6. The fraction of sp³-hybridized carbons (Fsp3) is 0.733. The molecule has 2 atom stereocenters. The number of alkyl halides is 10. The van der Waals surface area contributed by atoms with Crippen LogP contribution in [0.1, 0.15) is 26.7 Å². The van der Waals surface area contributed by atoms with Crippen LogP contribution in [0.25, 0.3) is 0 Å². The Labute approximate surface area is 184 Å². The van der Waals surface area contributed by atoms with Crippen LogP contribution in [0.4, 0.5) is 43.9 Å². The number of hydrogen-bond acceptors (Lipinski definition) is 7. The van der Waals surface area contributed by atoms with Crippen molar-refractivity contribution in [3.8, 4) is 0 Å². The SMILES string of the molecule is C=C(C)C(=O)OC(OCCCC(F)(F)C(F)(F)S(=O)(=O)O)(C(=O)OC(C)C(F)(F)F)C(F)(F)F. The predicted molar refractivity (Wildman–Crippen MR) is 87.9 cm³/mol. The summed E-state index contributed by atoms with van der Waals surface area (Å²) in [6.07, 6.45) is -18.7. The second kappa shape index (κ2) is 10.2. The summed E-state index contributed by atoms with van der Waals surface area (Å²) in [6.45, 7) is 1.85. The van der Waals surface area contributed by atoms with E-state index in [4.69, 9.17) is 4.55 Å². The van der Waals surface area contributed by atoms with Crippen molar-refractivity contribution in [3.05, 3.63) is 12.2 Å². The Morgan fingerprint density at radius 2 is 1.47 bits per heavy atom. The summed E-state index contributed by atoms with van der Waals surface area (Å²) < 4.78 is 172. The van der Waals surface area contributed by atoms with Crippen molar-refractivity contribution in [2.45, 2.75) is 62.1 Å². The first-order chi connectivity index (χ1) is 14.8. The lowest BCUT2D eigenvalue weighted by molar-refractivity contribution is -0.359. The third-order valence-corrected chi connectivity index (χ3v) is 4.61. The summed E-state index contributed by atoms with van der Waals surface area (Å²) in [5.74, 6) is -15.6. The van der Waals surface area contributed by atoms with E-state index in [9.17, 15) is 61.9 Å². The first-order valence-corrected chi connectivity index (χ1v) is 9.87. The zero-order valence-electron chi connectivity index (χ0n) is 16.9. The highest BCUT2D eigenvalue weighted by Gasteiger charge is 2.69. The summed E-state index contributed by atoms with van der Waals surface area (Å²) in [5, 5.41) is -6.09. The first-order valence-electron chi connectivity index (χ1n) is 8.43. The number of carbonyl (C=O) groups is 2. The molecule has 0 heterocycles. The average molecular weight is 546 g/mol. The average Bonchev–Trinajstić information content (AvgIpc) is 2.60. The number of ether oxygens (including phenoxy) is 3. The fourth-order valence-electron chi connectivity index (χ4n) is 1.75. The molecule has 0 spiro atoms. The number of carbonyl (C=O) groups excluding carboxylic acids is 2. The van der Waals surface area contributed by atoms with Gasteiger partial charge in [0.25, 0.3) is 0 Å². The Balaban J connectivity index is 6.00. The quantitative estimate of drug-likeness (QED) is 0.104. The molecule has 0 aliphatic rings. The maximum absolute atomic E-state index is 13.6. The number of rotatable bonds is 11. The van der Waals surface area contributed by atoms with E-state index in [0.29, 0.717) is 0 Å². The fourth-order valence-corrected chi connectivity index (χ4v) is 2.23. The molecule has 0 aliphatic carbocycles. The van der Waals surface area contributed by atoms with Crippen LogP contribution in [0.15, 0.2) is 12.2 Å². The maximum atomic E-state index is 13.6. The van der Waals surface area contributed by atoms with Gasteiger partial charge in [-0.15, -0.1) is 0 Å². The van der Waals surface area contributed by atoms with Crippen molar-refractivity contribution in [2.24, 2.45) is 0 Å². The molecule has 200 valence electrons. The molecule has 34 heavy (non-hydrogen) atoms. The lowest BCUT2D eigenvalue weighted by Gasteiger charge is -2.33. The smallest absolute Gasteiger partial charge is 0.448 e. The van der Waals surface area contributed by atoms with Gasteiger partial charge in [-0.05, 0) is 20.3 Å². The van der Waals surface area contributed by atoms with Crippen LogP contribution < -0.4 is 0 Å². The van der Waals surface area contributed by atoms with Crippen molar-refractivity contribution in [3.63, 3.8) is 0 Å². The monoisotopic (exact) mass is 546 g/mol. The van der Waals surface area contributed by atoms with E-state index in [1.807, 2.05) is 0 Å². The zero-order valence-corrected chi connectivity index (χ0v) is 17.7. The second-order valence-corrected chi connectivity index (χ2v) is 7.98. The number of halogens is 10. The van der Waals surface area contributed by atoms with E-state index in [1.165, 1.54) is 0 Å². The van der Waals surface area contributed by atoms with Gasteiger partial charge in [0.15, 0.2) is 6.10 Å². The van der Waals surface area contributed by atoms with Crippen LogP contribution in [0.3, 0.4) is 0 Å². The van der Waals surface area contributed by atoms with Gasteiger partial charge in [0, 0.05) is 12.0 Å². The van der Waals surface area contributed by atoms with E-state index in [2.05, 4.69) is 20.8 Å². The molecule has 1 N–H and O–H groups in total. The molecule has 0 amide bonds. The van der Waals surface area contributed by atoms with Crippen molar-refractivity contribution < 1.29 is 80.7 Å². The number of esters is 2. The van der Waals surface area contributed by atoms with Gasteiger partial charge >= 0.3 is 51.4 Å². The Hall–Kier alpha value is -2.15. The molecule has 0 aromatic carbocycles. The molecule has 0 fully saturated rings. The van der Waals surface area contributed by atoms with E-state index < -0.39 is 82.5 Å². The molecule has 0 rings (SSSR count). The highest BCUT2D eigenvalue weighted by molar-refractivity contribution is 7.87. The molecule has 0 aromatic rings. The minimum Gasteiger partial charge on any atom is -0.448 e. The topological polar surface area (TPSA) is 116 Å². The highest BCUT2D eigenvalue weighted by Crippen LogP contribution is 2.42. The predicted octanol–water partition coefficient (Wildman–Crippen LogP) is 3.77. The van der Waals surface area contributed by atoms with Crippen LogP contribution in [0.2, 0.25) is 0 Å². The molecule has 0 saturated carbocycles. The van der Waals surface area contributed by atoms with Gasteiger partial charge in [-0.1, -0.05) is 6.58 Å². The molecule has 19 heteroatoms. The van der Waals surface area contributed by atoms with Crippen molar-refractivity contribution in [1.82, 2.24) is 0 Å². The second-order valence-electron chi connectivity index (χ2n) is 6.52. The van der Waals surface area contributed by atoms with Gasteiger partial charge in [0.1, 0.15) is 0 Å². The summed E-state index contributed by atoms with van der Waals surface area (Å²) >= 11 is 0. The van der Waals surface area contributed by atoms with Crippen LogP contribution in [-0.4, -0.2) is 66.9 Å². The molecular weight excluding hydrogens is 530 g/mol. The third-order valence-electron chi connectivity index (χ3n) is 3.66. The van der Waals surface area contributed by atoms with Gasteiger partial charge in [0.2, 0.25) is 0 Å². The van der Waals surface area contributed by atoms with Crippen molar-refractivity contribution in [1.29, 1.82) is 0 Å². The Kier molecular flexibility index (Phi) is 9.58. The van der Waals surface area contributed by atoms with Crippen LogP contribution in [0, 0.1) is 0 Å². The maximum Gasteiger partial charge on any atom is 0.468 e. The molecule has 8 nitrogen and oxygen atoms in total. The van der Waals surface area contributed by atoms with Crippen molar-refractivity contribution >= 4 is 22.1 Å². The summed E-state index contributed by atoms with van der Waals surface area (Å²) in [6, 6.07) is 0. The standard InChI is InChI=1S/C15H16F10O8S/c1-7(2)9(26)33-12(14(21,22)23,10(27)32-8(3)13(18,19)20)31-6-4-5-11(16,17)15(24,25)34(28,29)30/h8H,1,4-6H2,2-3H3,(H,28,29,30). The minimum absolute atomic E-state index is 0.0809. The largest absolute Gasteiger partial charge is 0.468 e. The molecule has 2 unspecified atom stereocenters. The first kappa shape index (κ1) is 31.9. The molecule has 0 aromatic heterocycles. The van der Waals surface area contributed by atoms with Gasteiger partial charge in [-0.25, -0.2) is 9.59 Å². The van der Waals surface area contributed by atoms with Gasteiger partial charge in [-0.2, -0.15) is 52.3 Å². The van der Waals surface area contributed by atoms with Gasteiger partial charge in [0.05, 0.1) is 6.61 Å². The summed E-state index contributed by atoms with van der Waals surface area (Å²) in [4.78, 5) is 23.5. The van der Waals surface area contributed by atoms with E-state index in [0.717, 1.165) is 6.92 Å². The van der Waals surface area contributed by atoms with Gasteiger partial charge < -0.3 is 14.2 Å². The van der Waals surface area contributed by atoms with E-state index >= 15 is 0 Å². The van der Waals surface area contributed by atoms with Gasteiger partial charge in [-0.3, -0.25) is 4.55 Å². The molecule has 0 aliphatic heterocycles. The van der Waals surface area contributed by atoms with E-state index in [-0.39, 0.29) is 6.92 Å². The summed E-state index contributed by atoms with van der Waals surface area (Å²) in [5.41, 5.74) is -0.840. The number of hydrogen-bond donors (Lipinski definition) is 1. The Bertz CT molecular complexity index is 881. The van der Waals surface area contributed by atoms with Crippen molar-refractivity contribution in [2.75, 3.05) is 6.61 Å². The molecular formula is C15H16F10O8S. The minimum atomic E-state index is -6.68. The third kappa shape index (κ3) is 7.17. The Morgan fingerprint density at radius 1 is 1.00 bits per heavy atom. The lowest BCUT2D eigenvalue weighted by atomic mass is 10.2. The molecule has 0 saturated heterocycles. The van der Waals surface area contributed by atoms with E-state index in [1.54, 1.807) is 0 Å². The molecule has 0 bridgehead atoms. The van der Waals surface area contributed by atoms with Crippen LogP contribution in [0.5, 0.6) is 0 Å².